The third kappa shape index (κ3) is 4.91. The van der Waals surface area contributed by atoms with Crippen LogP contribution in [0.5, 0.6) is 5.75 Å². The van der Waals surface area contributed by atoms with Gasteiger partial charge in [-0.2, -0.15) is 4.39 Å². The van der Waals surface area contributed by atoms with Gasteiger partial charge in [0.05, 0.1) is 12.2 Å². The number of ether oxygens (including phenoxy) is 1. The van der Waals surface area contributed by atoms with Crippen LogP contribution in [0.25, 0.3) is 0 Å². The van der Waals surface area contributed by atoms with Crippen molar-refractivity contribution in [1.29, 1.82) is 0 Å². The molecule has 112 valence electrons. The van der Waals surface area contributed by atoms with Crippen LogP contribution < -0.4 is 4.74 Å². The lowest BCUT2D eigenvalue weighted by molar-refractivity contribution is 0.111. The summed E-state index contributed by atoms with van der Waals surface area (Å²) in [6.07, 6.45) is 6.03. The lowest BCUT2D eigenvalue weighted by Crippen LogP contribution is -2.10. The van der Waals surface area contributed by atoms with Crippen LogP contribution in [0, 0.1) is 17.6 Å². The van der Waals surface area contributed by atoms with Crippen LogP contribution in [0.1, 0.15) is 56.3 Å². The number of benzene rings is 1. The maximum absolute atomic E-state index is 13.6. The summed E-state index contributed by atoms with van der Waals surface area (Å²) in [7, 11) is 0. The fraction of sp³-hybridized carbons (Fsp3) is 0.562. The van der Waals surface area contributed by atoms with Crippen molar-refractivity contribution < 1.29 is 18.3 Å². The minimum absolute atomic E-state index is 0.131. The zero-order chi connectivity index (χ0) is 15.0. The van der Waals surface area contributed by atoms with Crippen molar-refractivity contribution in [3.05, 3.63) is 29.3 Å². The quantitative estimate of drug-likeness (QED) is 0.482. The predicted octanol–water partition coefficient (Wildman–Crippen LogP) is 4.76. The smallest absolute Gasteiger partial charge is 0.201 e. The van der Waals surface area contributed by atoms with E-state index in [4.69, 9.17) is 4.74 Å². The highest BCUT2D eigenvalue weighted by Crippen LogP contribution is 2.23. The molecule has 0 fully saturated rings. The summed E-state index contributed by atoms with van der Waals surface area (Å²) in [5.74, 6) is -2.07. The van der Waals surface area contributed by atoms with Crippen molar-refractivity contribution in [2.75, 3.05) is 6.61 Å². The first-order valence-electron chi connectivity index (χ1n) is 7.16. The van der Waals surface area contributed by atoms with Gasteiger partial charge in [-0.05, 0) is 24.5 Å². The van der Waals surface area contributed by atoms with E-state index in [-0.39, 0.29) is 11.3 Å². The van der Waals surface area contributed by atoms with Crippen LogP contribution in [-0.2, 0) is 0 Å². The summed E-state index contributed by atoms with van der Waals surface area (Å²) in [6, 6.07) is 2.53. The van der Waals surface area contributed by atoms with Crippen molar-refractivity contribution in [2.24, 2.45) is 5.92 Å². The average molecular weight is 284 g/mol. The Morgan fingerprint density at radius 2 is 1.95 bits per heavy atom. The van der Waals surface area contributed by atoms with Crippen molar-refractivity contribution in [3.8, 4) is 5.75 Å². The molecule has 1 aromatic rings. The molecule has 0 heterocycles. The zero-order valence-corrected chi connectivity index (χ0v) is 12.1. The maximum atomic E-state index is 13.6. The molecule has 0 radical (unpaired) electrons. The van der Waals surface area contributed by atoms with Crippen LogP contribution in [-0.4, -0.2) is 12.9 Å². The summed E-state index contributed by atoms with van der Waals surface area (Å²) in [5, 5.41) is 0. The number of carbonyl (C=O) groups is 1. The molecule has 0 saturated carbocycles. The molecule has 2 nitrogen and oxygen atoms in total. The van der Waals surface area contributed by atoms with Crippen LogP contribution in [0.2, 0.25) is 0 Å². The Hall–Kier alpha value is -1.45. The highest BCUT2D eigenvalue weighted by atomic mass is 19.2. The van der Waals surface area contributed by atoms with E-state index in [2.05, 4.69) is 6.92 Å². The van der Waals surface area contributed by atoms with Gasteiger partial charge in [0.15, 0.2) is 17.9 Å². The second-order valence-electron chi connectivity index (χ2n) is 5.16. The van der Waals surface area contributed by atoms with E-state index >= 15 is 0 Å². The lowest BCUT2D eigenvalue weighted by atomic mass is 10.0. The fourth-order valence-corrected chi connectivity index (χ4v) is 1.98. The molecular formula is C16H22F2O2. The molecule has 1 rings (SSSR count). The Balaban J connectivity index is 2.45. The van der Waals surface area contributed by atoms with Gasteiger partial charge in [0.25, 0.3) is 0 Å². The molecule has 0 unspecified atom stereocenters. The van der Waals surface area contributed by atoms with E-state index in [0.717, 1.165) is 12.8 Å². The predicted molar refractivity (Wildman–Crippen MR) is 75.2 cm³/mol. The van der Waals surface area contributed by atoms with Crippen molar-refractivity contribution in [3.63, 3.8) is 0 Å². The number of hydrogen-bond donors (Lipinski definition) is 0. The Bertz CT molecular complexity index is 433. The second-order valence-corrected chi connectivity index (χ2v) is 5.16. The third-order valence-corrected chi connectivity index (χ3v) is 3.28. The molecule has 1 atom stereocenters. The molecule has 0 aliphatic heterocycles. The van der Waals surface area contributed by atoms with Gasteiger partial charge >= 0.3 is 0 Å². The molecule has 20 heavy (non-hydrogen) atoms. The van der Waals surface area contributed by atoms with E-state index < -0.39 is 11.6 Å². The Kier molecular flexibility index (Phi) is 7.20. The molecular weight excluding hydrogens is 262 g/mol. The normalized spacial score (nSPS) is 12.2. The van der Waals surface area contributed by atoms with Crippen LogP contribution in [0.3, 0.4) is 0 Å². The van der Waals surface area contributed by atoms with E-state index in [0.29, 0.717) is 18.8 Å². The molecule has 0 aliphatic rings. The molecule has 0 aromatic heterocycles. The van der Waals surface area contributed by atoms with E-state index in [1.54, 1.807) is 0 Å². The molecule has 0 saturated heterocycles. The first kappa shape index (κ1) is 16.6. The monoisotopic (exact) mass is 284 g/mol. The average Bonchev–Trinajstić information content (AvgIpc) is 2.45. The minimum Gasteiger partial charge on any atom is -0.490 e. The summed E-state index contributed by atoms with van der Waals surface area (Å²) >= 11 is 0. The molecule has 4 heteroatoms. The molecule has 0 bridgehead atoms. The highest BCUT2D eigenvalue weighted by Gasteiger charge is 2.14. The molecule has 1 aromatic carbocycles. The molecule has 0 N–H and O–H groups in total. The maximum Gasteiger partial charge on any atom is 0.201 e. The van der Waals surface area contributed by atoms with Gasteiger partial charge in [-0.1, -0.05) is 39.5 Å². The first-order chi connectivity index (χ1) is 9.60. The van der Waals surface area contributed by atoms with Gasteiger partial charge < -0.3 is 4.74 Å². The summed E-state index contributed by atoms with van der Waals surface area (Å²) < 4.78 is 32.3. The largest absolute Gasteiger partial charge is 0.490 e. The zero-order valence-electron chi connectivity index (χ0n) is 12.1. The number of hydrogen-bond acceptors (Lipinski definition) is 2. The van der Waals surface area contributed by atoms with Crippen LogP contribution in [0.15, 0.2) is 12.1 Å². The minimum atomic E-state index is -1.15. The van der Waals surface area contributed by atoms with Gasteiger partial charge in [0.1, 0.15) is 0 Å². The van der Waals surface area contributed by atoms with E-state index in [1.807, 2.05) is 6.92 Å². The van der Waals surface area contributed by atoms with Crippen LogP contribution in [0.4, 0.5) is 8.78 Å². The summed E-state index contributed by atoms with van der Waals surface area (Å²) in [4.78, 5) is 10.5. The van der Waals surface area contributed by atoms with Gasteiger partial charge in [0.2, 0.25) is 5.82 Å². The molecule has 0 aliphatic carbocycles. The van der Waals surface area contributed by atoms with Crippen molar-refractivity contribution >= 4 is 6.29 Å². The topological polar surface area (TPSA) is 26.3 Å². The SMILES string of the molecule is CCCCCC[C@H](C)COc1ccc(C=O)c(F)c1F. The summed E-state index contributed by atoms with van der Waals surface area (Å²) in [5.41, 5.74) is -0.289. The van der Waals surface area contributed by atoms with Gasteiger partial charge in [-0.15, -0.1) is 0 Å². The Morgan fingerprint density at radius 1 is 1.20 bits per heavy atom. The standard InChI is InChI=1S/C16H22F2O2/c1-3-4-5-6-7-12(2)11-20-14-9-8-13(10-19)15(17)16(14)18/h8-10,12H,3-7,11H2,1-2H3/t12-/m0/s1. The summed E-state index contributed by atoms with van der Waals surface area (Å²) in [6.45, 7) is 4.54. The third-order valence-electron chi connectivity index (χ3n) is 3.28. The molecule has 0 amide bonds. The number of carbonyl (C=O) groups excluding carboxylic acids is 1. The van der Waals surface area contributed by atoms with Gasteiger partial charge in [0, 0.05) is 0 Å². The molecule has 0 spiro atoms. The van der Waals surface area contributed by atoms with E-state index in [9.17, 15) is 13.6 Å². The first-order valence-corrected chi connectivity index (χ1v) is 7.16. The number of rotatable bonds is 9. The number of halogens is 2. The number of aldehydes is 1. The lowest BCUT2D eigenvalue weighted by Gasteiger charge is -2.14. The Morgan fingerprint density at radius 3 is 2.60 bits per heavy atom. The van der Waals surface area contributed by atoms with Crippen molar-refractivity contribution in [1.82, 2.24) is 0 Å². The van der Waals surface area contributed by atoms with E-state index in [1.165, 1.54) is 31.4 Å². The second kappa shape index (κ2) is 8.67. The Labute approximate surface area is 119 Å². The highest BCUT2D eigenvalue weighted by molar-refractivity contribution is 5.75. The van der Waals surface area contributed by atoms with Crippen molar-refractivity contribution in [2.45, 2.75) is 46.0 Å². The van der Waals surface area contributed by atoms with Gasteiger partial charge in [-0.3, -0.25) is 4.79 Å². The number of unbranched alkanes of at least 4 members (excludes halogenated alkanes) is 3. The van der Waals surface area contributed by atoms with Gasteiger partial charge in [-0.25, -0.2) is 4.39 Å². The van der Waals surface area contributed by atoms with Crippen LogP contribution >= 0.6 is 0 Å². The fourth-order valence-electron chi connectivity index (χ4n) is 1.98.